The molecule has 0 amide bonds. The van der Waals surface area contributed by atoms with Crippen LogP contribution in [0.2, 0.25) is 0 Å². The molecule has 2 unspecified atom stereocenters. The van der Waals surface area contributed by atoms with Crippen LogP contribution in [0.25, 0.3) is 0 Å². The molecule has 1 saturated heterocycles. The molecule has 0 aromatic rings. The number of rotatable bonds is 2. The Balaban J connectivity index is 1.84. The summed E-state index contributed by atoms with van der Waals surface area (Å²) in [7, 11) is 0. The van der Waals surface area contributed by atoms with E-state index in [0.29, 0.717) is 0 Å². The quantitative estimate of drug-likeness (QED) is 0.710. The third kappa shape index (κ3) is 3.16. The molecule has 2 rings (SSSR count). The Kier molecular flexibility index (Phi) is 4.42. The van der Waals surface area contributed by atoms with Gasteiger partial charge in [0.05, 0.1) is 0 Å². The highest BCUT2D eigenvalue weighted by molar-refractivity contribution is 4.82. The molecule has 1 saturated carbocycles. The van der Waals surface area contributed by atoms with E-state index in [1.54, 1.807) is 0 Å². The Morgan fingerprint density at radius 3 is 2.93 bits per heavy atom. The summed E-state index contributed by atoms with van der Waals surface area (Å²) < 4.78 is 0. The number of nitrogens with two attached hydrogens (primary N) is 1. The zero-order valence-electron chi connectivity index (χ0n) is 9.75. The summed E-state index contributed by atoms with van der Waals surface area (Å²) in [5.41, 5.74) is 5.80. The third-order valence-electron chi connectivity index (χ3n) is 3.98. The second-order valence-electron chi connectivity index (χ2n) is 5.06. The molecule has 3 heteroatoms. The number of hydrogen-bond acceptors (Lipinski definition) is 3. The minimum absolute atomic E-state index is 0.792. The van der Waals surface area contributed by atoms with Crippen molar-refractivity contribution in [3.05, 3.63) is 0 Å². The minimum atomic E-state index is 0.792. The van der Waals surface area contributed by atoms with Crippen LogP contribution in [0.5, 0.6) is 0 Å². The molecule has 15 heavy (non-hydrogen) atoms. The number of nitrogens with zero attached hydrogens (tertiary/aromatic N) is 1. The van der Waals surface area contributed by atoms with Gasteiger partial charge in [0.25, 0.3) is 0 Å². The molecule has 0 bridgehead atoms. The molecule has 2 fully saturated rings. The first-order valence-corrected chi connectivity index (χ1v) is 6.55. The van der Waals surface area contributed by atoms with Gasteiger partial charge in [0.2, 0.25) is 0 Å². The van der Waals surface area contributed by atoms with Gasteiger partial charge < -0.3 is 11.1 Å². The fraction of sp³-hybridized carbons (Fsp3) is 1.00. The maximum Gasteiger partial charge on any atom is 0.0110 e. The summed E-state index contributed by atoms with van der Waals surface area (Å²) in [5.74, 6) is 0.792. The van der Waals surface area contributed by atoms with Gasteiger partial charge in [-0.05, 0) is 51.2 Å². The second-order valence-corrected chi connectivity index (χ2v) is 5.06. The standard InChI is InChI=1S/C12H25N3/c13-10-11-3-1-4-12(9-11)15-7-2-5-14-6-8-15/h11-12,14H,1-10,13H2. The van der Waals surface area contributed by atoms with Crippen LogP contribution in [-0.2, 0) is 0 Å². The van der Waals surface area contributed by atoms with Gasteiger partial charge in [-0.25, -0.2) is 0 Å². The van der Waals surface area contributed by atoms with Gasteiger partial charge in [-0.1, -0.05) is 6.42 Å². The molecule has 0 radical (unpaired) electrons. The van der Waals surface area contributed by atoms with E-state index in [1.807, 2.05) is 0 Å². The van der Waals surface area contributed by atoms with Crippen molar-refractivity contribution in [3.63, 3.8) is 0 Å². The molecule has 1 heterocycles. The molecule has 0 spiro atoms. The Labute approximate surface area is 93.4 Å². The zero-order valence-corrected chi connectivity index (χ0v) is 9.75. The monoisotopic (exact) mass is 211 g/mol. The Morgan fingerprint density at radius 2 is 2.07 bits per heavy atom. The summed E-state index contributed by atoms with van der Waals surface area (Å²) in [6, 6.07) is 0.826. The average molecular weight is 211 g/mol. The van der Waals surface area contributed by atoms with Crippen molar-refractivity contribution in [2.75, 3.05) is 32.7 Å². The van der Waals surface area contributed by atoms with E-state index in [0.717, 1.165) is 18.5 Å². The van der Waals surface area contributed by atoms with Crippen LogP contribution in [0.4, 0.5) is 0 Å². The van der Waals surface area contributed by atoms with Gasteiger partial charge in [0.15, 0.2) is 0 Å². The molecule has 2 atom stereocenters. The van der Waals surface area contributed by atoms with Gasteiger partial charge in [0, 0.05) is 19.1 Å². The summed E-state index contributed by atoms with van der Waals surface area (Å²) in [6.07, 6.45) is 6.80. The molecule has 0 aromatic carbocycles. The molecule has 3 nitrogen and oxygen atoms in total. The van der Waals surface area contributed by atoms with Gasteiger partial charge in [-0.15, -0.1) is 0 Å². The highest BCUT2D eigenvalue weighted by atomic mass is 15.2. The van der Waals surface area contributed by atoms with Gasteiger partial charge in [0.1, 0.15) is 0 Å². The van der Waals surface area contributed by atoms with Crippen LogP contribution in [-0.4, -0.2) is 43.7 Å². The molecule has 1 aliphatic carbocycles. The first-order chi connectivity index (χ1) is 7.40. The molecule has 2 aliphatic rings. The summed E-state index contributed by atoms with van der Waals surface area (Å²) in [4.78, 5) is 2.70. The third-order valence-corrected chi connectivity index (χ3v) is 3.98. The summed E-state index contributed by atoms with van der Waals surface area (Å²) >= 11 is 0. The van der Waals surface area contributed by atoms with Gasteiger partial charge in [-0.3, -0.25) is 4.90 Å². The molecule has 3 N–H and O–H groups in total. The first-order valence-electron chi connectivity index (χ1n) is 6.55. The second kappa shape index (κ2) is 5.83. The van der Waals surface area contributed by atoms with E-state index in [1.165, 1.54) is 58.3 Å². The van der Waals surface area contributed by atoms with E-state index in [-0.39, 0.29) is 0 Å². The highest BCUT2D eigenvalue weighted by Crippen LogP contribution is 2.27. The fourth-order valence-electron chi connectivity index (χ4n) is 3.04. The van der Waals surface area contributed by atoms with Crippen LogP contribution in [0.15, 0.2) is 0 Å². The van der Waals surface area contributed by atoms with Crippen molar-refractivity contribution in [2.24, 2.45) is 11.7 Å². The Morgan fingerprint density at radius 1 is 1.13 bits per heavy atom. The smallest absolute Gasteiger partial charge is 0.0110 e. The van der Waals surface area contributed by atoms with Crippen LogP contribution >= 0.6 is 0 Å². The molecule has 88 valence electrons. The highest BCUT2D eigenvalue weighted by Gasteiger charge is 2.26. The maximum absolute atomic E-state index is 5.80. The predicted molar refractivity (Wildman–Crippen MR) is 63.9 cm³/mol. The van der Waals surface area contributed by atoms with E-state index >= 15 is 0 Å². The Hall–Kier alpha value is -0.120. The zero-order chi connectivity index (χ0) is 10.5. The number of nitrogens with one attached hydrogen (secondary N) is 1. The van der Waals surface area contributed by atoms with Crippen molar-refractivity contribution in [1.29, 1.82) is 0 Å². The maximum atomic E-state index is 5.80. The lowest BCUT2D eigenvalue weighted by molar-refractivity contribution is 0.139. The van der Waals surface area contributed by atoms with Crippen molar-refractivity contribution in [1.82, 2.24) is 10.2 Å². The van der Waals surface area contributed by atoms with Crippen molar-refractivity contribution in [2.45, 2.75) is 38.1 Å². The van der Waals surface area contributed by atoms with Crippen LogP contribution in [0.3, 0.4) is 0 Å². The minimum Gasteiger partial charge on any atom is -0.330 e. The molecular weight excluding hydrogens is 186 g/mol. The van der Waals surface area contributed by atoms with E-state index in [2.05, 4.69) is 10.2 Å². The lowest BCUT2D eigenvalue weighted by Gasteiger charge is -2.36. The first kappa shape index (κ1) is 11.4. The summed E-state index contributed by atoms with van der Waals surface area (Å²) in [5, 5.41) is 3.48. The van der Waals surface area contributed by atoms with Gasteiger partial charge in [-0.2, -0.15) is 0 Å². The van der Waals surface area contributed by atoms with Crippen LogP contribution in [0.1, 0.15) is 32.1 Å². The largest absolute Gasteiger partial charge is 0.330 e. The van der Waals surface area contributed by atoms with E-state index < -0.39 is 0 Å². The molecule has 0 aromatic heterocycles. The van der Waals surface area contributed by atoms with Crippen molar-refractivity contribution in [3.8, 4) is 0 Å². The Bertz CT molecular complexity index is 176. The predicted octanol–water partition coefficient (Wildman–Crippen LogP) is 0.799. The van der Waals surface area contributed by atoms with Crippen molar-refractivity contribution >= 4 is 0 Å². The molecule has 1 aliphatic heterocycles. The molecular formula is C12H25N3. The fourth-order valence-corrected chi connectivity index (χ4v) is 3.04. The van der Waals surface area contributed by atoms with E-state index in [9.17, 15) is 0 Å². The van der Waals surface area contributed by atoms with E-state index in [4.69, 9.17) is 5.73 Å². The van der Waals surface area contributed by atoms with Crippen LogP contribution in [0, 0.1) is 5.92 Å². The van der Waals surface area contributed by atoms with Gasteiger partial charge >= 0.3 is 0 Å². The SMILES string of the molecule is NCC1CCCC(N2CCCNCC2)C1. The average Bonchev–Trinajstić information content (AvgIpc) is 2.58. The lowest BCUT2D eigenvalue weighted by Crippen LogP contribution is -2.41. The van der Waals surface area contributed by atoms with Crippen LogP contribution < -0.4 is 11.1 Å². The lowest BCUT2D eigenvalue weighted by atomic mass is 9.85. The van der Waals surface area contributed by atoms with Crippen molar-refractivity contribution < 1.29 is 0 Å². The topological polar surface area (TPSA) is 41.3 Å². The number of hydrogen-bond donors (Lipinski definition) is 2. The normalized spacial score (nSPS) is 35.0. The summed E-state index contributed by atoms with van der Waals surface area (Å²) in [6.45, 7) is 5.78.